The van der Waals surface area contributed by atoms with Crippen LogP contribution in [0.3, 0.4) is 0 Å². The Morgan fingerprint density at radius 1 is 0.857 bits per heavy atom. The van der Waals surface area contributed by atoms with Gasteiger partial charge in [0.25, 0.3) is 0 Å². The van der Waals surface area contributed by atoms with E-state index in [0.29, 0.717) is 0 Å². The van der Waals surface area contributed by atoms with Crippen molar-refractivity contribution in [1.82, 2.24) is 0 Å². The van der Waals surface area contributed by atoms with Crippen LogP contribution >= 0.6 is 0 Å². The quantitative estimate of drug-likeness (QED) is 0.412. The summed E-state index contributed by atoms with van der Waals surface area (Å²) < 4.78 is 1.08. The zero-order chi connectivity index (χ0) is 11.0. The maximum atomic E-state index is 2.57. The predicted octanol–water partition coefficient (Wildman–Crippen LogP) is 5.47. The molecule has 1 unspecified atom stereocenters. The standard InChI is InChI=1S/C10H21.3CH3.Sn/c1-3-5-7-9-10-8-6-4-2;;;;/h3H,4-10H2,1-2H3;3*1H3;. The second kappa shape index (κ2) is 8.01. The van der Waals surface area contributed by atoms with Gasteiger partial charge in [0.05, 0.1) is 0 Å². The maximum absolute atomic E-state index is 2.57. The van der Waals surface area contributed by atoms with Crippen molar-refractivity contribution in [2.75, 3.05) is 0 Å². The van der Waals surface area contributed by atoms with Gasteiger partial charge in [0.1, 0.15) is 0 Å². The molecule has 0 amide bonds. The third-order valence-corrected chi connectivity index (χ3v) is 12.7. The average Bonchev–Trinajstić information content (AvgIpc) is 2.09. The van der Waals surface area contributed by atoms with Crippen LogP contribution in [0.25, 0.3) is 0 Å². The zero-order valence-electron chi connectivity index (χ0n) is 11.0. The van der Waals surface area contributed by atoms with Gasteiger partial charge in [0.2, 0.25) is 0 Å². The van der Waals surface area contributed by atoms with Crippen LogP contribution in [0.5, 0.6) is 0 Å². The van der Waals surface area contributed by atoms with Crippen LogP contribution in [0.1, 0.15) is 58.8 Å². The van der Waals surface area contributed by atoms with Gasteiger partial charge in [-0.05, 0) is 0 Å². The van der Waals surface area contributed by atoms with Gasteiger partial charge in [0, 0.05) is 0 Å². The molecule has 1 heteroatoms. The van der Waals surface area contributed by atoms with Gasteiger partial charge in [-0.3, -0.25) is 0 Å². The third kappa shape index (κ3) is 8.14. The molecule has 0 bridgehead atoms. The van der Waals surface area contributed by atoms with Crippen LogP contribution in [0.15, 0.2) is 0 Å². The minimum absolute atomic E-state index is 1.08. The summed E-state index contributed by atoms with van der Waals surface area (Å²) in [7, 11) is 0. The molecule has 0 aliphatic heterocycles. The van der Waals surface area contributed by atoms with Gasteiger partial charge in [0.15, 0.2) is 0 Å². The second-order valence-corrected chi connectivity index (χ2v) is 22.1. The zero-order valence-corrected chi connectivity index (χ0v) is 13.9. The van der Waals surface area contributed by atoms with Crippen LogP contribution in [0.4, 0.5) is 0 Å². The Morgan fingerprint density at radius 3 is 1.86 bits per heavy atom. The van der Waals surface area contributed by atoms with Gasteiger partial charge in [-0.15, -0.1) is 0 Å². The molecule has 0 saturated heterocycles. The van der Waals surface area contributed by atoms with Crippen molar-refractivity contribution in [2.45, 2.75) is 77.5 Å². The fraction of sp³-hybridized carbons (Fsp3) is 1.00. The Labute approximate surface area is 95.7 Å². The molecule has 0 aromatic rings. The summed E-state index contributed by atoms with van der Waals surface area (Å²) in [5.74, 6) is 0. The van der Waals surface area contributed by atoms with Gasteiger partial charge >= 0.3 is 95.9 Å². The fourth-order valence-electron chi connectivity index (χ4n) is 1.66. The van der Waals surface area contributed by atoms with Crippen molar-refractivity contribution in [2.24, 2.45) is 0 Å². The van der Waals surface area contributed by atoms with Crippen LogP contribution < -0.4 is 0 Å². The first-order valence-electron chi connectivity index (χ1n) is 6.48. The number of rotatable bonds is 8. The first kappa shape index (κ1) is 14.8. The molecule has 0 fully saturated rings. The van der Waals surface area contributed by atoms with E-state index in [1.807, 2.05) is 0 Å². The molecule has 1 atom stereocenters. The van der Waals surface area contributed by atoms with Crippen molar-refractivity contribution < 1.29 is 0 Å². The summed E-state index contributed by atoms with van der Waals surface area (Å²) in [5, 5.41) is 0. The molecule has 0 aliphatic rings. The van der Waals surface area contributed by atoms with E-state index in [1.54, 1.807) is 0 Å². The first-order valence-corrected chi connectivity index (χ1v) is 16.7. The van der Waals surface area contributed by atoms with Crippen LogP contribution in [-0.4, -0.2) is 18.4 Å². The number of hydrogen-bond acceptors (Lipinski definition) is 0. The molecule has 0 saturated carbocycles. The molecular formula is C13H30Sn. The summed E-state index contributed by atoms with van der Waals surface area (Å²) in [6.07, 6.45) is 10.2. The molecule has 0 N–H and O–H groups in total. The van der Waals surface area contributed by atoms with Crippen molar-refractivity contribution in [3.05, 3.63) is 0 Å². The monoisotopic (exact) mass is 306 g/mol. The number of hydrogen-bond donors (Lipinski definition) is 0. The van der Waals surface area contributed by atoms with Gasteiger partial charge in [-0.1, -0.05) is 0 Å². The minimum atomic E-state index is -1.52. The van der Waals surface area contributed by atoms with Crippen LogP contribution in [0.2, 0.25) is 18.8 Å². The van der Waals surface area contributed by atoms with E-state index in [0.717, 1.165) is 3.93 Å². The molecule has 0 nitrogen and oxygen atoms in total. The molecule has 0 rings (SSSR count). The molecule has 0 aromatic heterocycles. The molecule has 0 radical (unpaired) electrons. The second-order valence-electron chi connectivity index (χ2n) is 5.82. The molecule has 0 aliphatic carbocycles. The Hall–Kier alpha value is 0.799. The van der Waals surface area contributed by atoms with Gasteiger partial charge in [-0.25, -0.2) is 0 Å². The topological polar surface area (TPSA) is 0 Å². The van der Waals surface area contributed by atoms with Crippen molar-refractivity contribution in [3.63, 3.8) is 0 Å². The van der Waals surface area contributed by atoms with Gasteiger partial charge in [-0.2, -0.15) is 0 Å². The molecule has 0 spiro atoms. The number of unbranched alkanes of at least 4 members (excludes halogenated alkanes) is 5. The fourth-order valence-corrected chi connectivity index (χ4v) is 4.72. The van der Waals surface area contributed by atoms with E-state index in [4.69, 9.17) is 0 Å². The Bertz CT molecular complexity index is 124. The molecule has 0 aromatic carbocycles. The molecule has 0 heterocycles. The first-order chi connectivity index (χ1) is 6.48. The van der Waals surface area contributed by atoms with Crippen LogP contribution in [-0.2, 0) is 0 Å². The Morgan fingerprint density at radius 2 is 1.36 bits per heavy atom. The normalized spacial score (nSPS) is 14.4. The van der Waals surface area contributed by atoms with E-state index in [9.17, 15) is 0 Å². The predicted molar refractivity (Wildman–Crippen MR) is 70.8 cm³/mol. The van der Waals surface area contributed by atoms with Crippen molar-refractivity contribution in [3.8, 4) is 0 Å². The van der Waals surface area contributed by atoms with E-state index in [2.05, 4.69) is 28.7 Å². The summed E-state index contributed by atoms with van der Waals surface area (Å²) in [6.45, 7) is 4.78. The third-order valence-electron chi connectivity index (χ3n) is 3.47. The SMILES string of the molecule is CCCCCCCC[CH](C)[Sn]([CH3])([CH3])[CH3]. The molecule has 14 heavy (non-hydrogen) atoms. The van der Waals surface area contributed by atoms with E-state index >= 15 is 0 Å². The van der Waals surface area contributed by atoms with Crippen molar-refractivity contribution >= 4 is 18.4 Å². The summed E-state index contributed by atoms with van der Waals surface area (Å²) >= 11 is -1.52. The molecule has 86 valence electrons. The van der Waals surface area contributed by atoms with E-state index in [1.165, 1.54) is 44.9 Å². The van der Waals surface area contributed by atoms with Gasteiger partial charge < -0.3 is 0 Å². The van der Waals surface area contributed by atoms with Crippen LogP contribution in [0, 0.1) is 0 Å². The summed E-state index contributed by atoms with van der Waals surface area (Å²) in [4.78, 5) is 7.70. The molecular weight excluding hydrogens is 275 g/mol. The summed E-state index contributed by atoms with van der Waals surface area (Å²) in [6, 6.07) is 0. The van der Waals surface area contributed by atoms with Crippen molar-refractivity contribution in [1.29, 1.82) is 0 Å². The Balaban J connectivity index is 3.28. The summed E-state index contributed by atoms with van der Waals surface area (Å²) in [5.41, 5.74) is 0. The van der Waals surface area contributed by atoms with E-state index < -0.39 is 18.4 Å². The Kier molecular flexibility index (Phi) is 8.47. The average molecular weight is 305 g/mol. The van der Waals surface area contributed by atoms with E-state index in [-0.39, 0.29) is 0 Å².